The van der Waals surface area contributed by atoms with Crippen molar-refractivity contribution < 1.29 is 9.59 Å². The van der Waals surface area contributed by atoms with Gasteiger partial charge in [0, 0.05) is 12.0 Å². The highest BCUT2D eigenvalue weighted by Crippen LogP contribution is 2.20. The lowest BCUT2D eigenvalue weighted by Gasteiger charge is -2.09. The van der Waals surface area contributed by atoms with Crippen LogP contribution >= 0.6 is 0 Å². The number of hydrogen-bond acceptors (Lipinski definition) is 4. The SMILES string of the molecule is Cc1ccc(N/N=C2/CCCC(=O)c3ccccc3NC2=O)cc1. The van der Waals surface area contributed by atoms with Crippen molar-refractivity contribution >= 4 is 28.8 Å². The number of rotatable bonds is 2. The zero-order valence-electron chi connectivity index (χ0n) is 13.5. The van der Waals surface area contributed by atoms with Crippen LogP contribution < -0.4 is 10.7 Å². The molecule has 122 valence electrons. The molecular formula is C19H19N3O2. The maximum atomic E-state index is 12.5. The van der Waals surface area contributed by atoms with Gasteiger partial charge in [-0.3, -0.25) is 15.0 Å². The van der Waals surface area contributed by atoms with Gasteiger partial charge in [0.1, 0.15) is 5.71 Å². The minimum absolute atomic E-state index is 0.0404. The second kappa shape index (κ2) is 7.08. The van der Waals surface area contributed by atoms with Gasteiger partial charge in [-0.1, -0.05) is 29.8 Å². The fourth-order valence-corrected chi connectivity index (χ4v) is 2.56. The molecule has 5 heteroatoms. The minimum atomic E-state index is -0.281. The summed E-state index contributed by atoms with van der Waals surface area (Å²) in [7, 11) is 0. The minimum Gasteiger partial charge on any atom is -0.320 e. The van der Waals surface area contributed by atoms with E-state index in [0.29, 0.717) is 36.2 Å². The zero-order chi connectivity index (χ0) is 16.9. The summed E-state index contributed by atoms with van der Waals surface area (Å²) in [5, 5.41) is 7.05. The predicted molar refractivity (Wildman–Crippen MR) is 95.5 cm³/mol. The van der Waals surface area contributed by atoms with Gasteiger partial charge >= 0.3 is 0 Å². The highest BCUT2D eigenvalue weighted by atomic mass is 16.2. The quantitative estimate of drug-likeness (QED) is 0.827. The van der Waals surface area contributed by atoms with Gasteiger partial charge in [0.25, 0.3) is 5.91 Å². The Morgan fingerprint density at radius 3 is 2.54 bits per heavy atom. The average molecular weight is 321 g/mol. The van der Waals surface area contributed by atoms with Crippen molar-refractivity contribution in [2.45, 2.75) is 26.2 Å². The molecule has 1 amide bonds. The van der Waals surface area contributed by atoms with Gasteiger partial charge in [0.05, 0.1) is 11.4 Å². The summed E-state index contributed by atoms with van der Waals surface area (Å²) in [4.78, 5) is 24.7. The molecule has 0 aromatic heterocycles. The number of benzene rings is 2. The number of hydrazone groups is 1. The molecule has 0 atom stereocenters. The number of nitrogens with zero attached hydrogens (tertiary/aromatic N) is 1. The summed E-state index contributed by atoms with van der Waals surface area (Å²) in [6, 6.07) is 14.8. The lowest BCUT2D eigenvalue weighted by Crippen LogP contribution is -2.24. The van der Waals surface area contributed by atoms with Gasteiger partial charge in [-0.25, -0.2) is 0 Å². The molecule has 2 aromatic carbocycles. The summed E-state index contributed by atoms with van der Waals surface area (Å²) in [6.07, 6.45) is 1.44. The first-order valence-corrected chi connectivity index (χ1v) is 7.96. The zero-order valence-corrected chi connectivity index (χ0v) is 13.5. The molecule has 5 nitrogen and oxygen atoms in total. The maximum Gasteiger partial charge on any atom is 0.271 e. The van der Waals surface area contributed by atoms with Gasteiger partial charge in [-0.15, -0.1) is 0 Å². The van der Waals surface area contributed by atoms with Crippen molar-refractivity contribution in [1.82, 2.24) is 0 Å². The molecule has 1 aliphatic heterocycles. The number of para-hydroxylation sites is 1. The molecule has 0 saturated carbocycles. The molecule has 2 aromatic rings. The fraction of sp³-hybridized carbons (Fsp3) is 0.211. The van der Waals surface area contributed by atoms with Crippen LogP contribution in [-0.4, -0.2) is 17.4 Å². The third-order valence-electron chi connectivity index (χ3n) is 3.93. The fourth-order valence-electron chi connectivity index (χ4n) is 2.56. The Hall–Kier alpha value is -2.95. The number of fused-ring (bicyclic) bond motifs is 1. The molecular weight excluding hydrogens is 302 g/mol. The van der Waals surface area contributed by atoms with E-state index in [1.54, 1.807) is 24.3 Å². The molecule has 0 bridgehead atoms. The molecule has 1 aliphatic rings. The highest BCUT2D eigenvalue weighted by Gasteiger charge is 2.20. The van der Waals surface area contributed by atoms with E-state index in [0.717, 1.165) is 11.3 Å². The van der Waals surface area contributed by atoms with Crippen LogP contribution in [0.5, 0.6) is 0 Å². The molecule has 0 spiro atoms. The summed E-state index contributed by atoms with van der Waals surface area (Å²) >= 11 is 0. The van der Waals surface area contributed by atoms with Crippen LogP contribution in [0, 0.1) is 6.92 Å². The molecule has 2 N–H and O–H groups in total. The average Bonchev–Trinajstić information content (AvgIpc) is 2.64. The molecule has 24 heavy (non-hydrogen) atoms. The molecule has 0 saturated heterocycles. The molecule has 3 rings (SSSR count). The normalized spacial score (nSPS) is 16.6. The Morgan fingerprint density at radius 1 is 1.00 bits per heavy atom. The number of amides is 1. The van der Waals surface area contributed by atoms with E-state index in [9.17, 15) is 9.59 Å². The second-order valence-corrected chi connectivity index (χ2v) is 5.81. The molecule has 0 radical (unpaired) electrons. The summed E-state index contributed by atoms with van der Waals surface area (Å²) in [5.41, 5.74) is 6.37. The van der Waals surface area contributed by atoms with Crippen LogP contribution in [0.15, 0.2) is 53.6 Å². The number of anilines is 2. The van der Waals surface area contributed by atoms with Crippen LogP contribution in [-0.2, 0) is 4.79 Å². The third kappa shape index (κ3) is 3.68. The van der Waals surface area contributed by atoms with E-state index in [1.165, 1.54) is 0 Å². The van der Waals surface area contributed by atoms with E-state index in [2.05, 4.69) is 15.8 Å². The van der Waals surface area contributed by atoms with E-state index >= 15 is 0 Å². The number of ketones is 1. The lowest BCUT2D eigenvalue weighted by molar-refractivity contribution is -0.110. The number of aryl methyl sites for hydroxylation is 1. The van der Waals surface area contributed by atoms with Crippen molar-refractivity contribution in [3.63, 3.8) is 0 Å². The van der Waals surface area contributed by atoms with Gasteiger partial charge in [0.15, 0.2) is 5.78 Å². The topological polar surface area (TPSA) is 70.6 Å². The highest BCUT2D eigenvalue weighted by molar-refractivity contribution is 6.43. The Kier molecular flexibility index (Phi) is 4.70. The first kappa shape index (κ1) is 15.9. The lowest BCUT2D eigenvalue weighted by atomic mass is 10.0. The van der Waals surface area contributed by atoms with E-state index < -0.39 is 0 Å². The number of Topliss-reactive ketones (excluding diaryl/α,β-unsaturated/α-hetero) is 1. The van der Waals surface area contributed by atoms with Crippen molar-refractivity contribution in [2.75, 3.05) is 10.7 Å². The maximum absolute atomic E-state index is 12.5. The van der Waals surface area contributed by atoms with Crippen molar-refractivity contribution in [1.29, 1.82) is 0 Å². The van der Waals surface area contributed by atoms with E-state index in [1.807, 2.05) is 31.2 Å². The van der Waals surface area contributed by atoms with Gasteiger partial charge < -0.3 is 5.32 Å². The van der Waals surface area contributed by atoms with Crippen LogP contribution in [0.4, 0.5) is 11.4 Å². The predicted octanol–water partition coefficient (Wildman–Crippen LogP) is 3.77. The number of carbonyl (C=O) groups excluding carboxylic acids is 2. The van der Waals surface area contributed by atoms with E-state index in [4.69, 9.17) is 0 Å². The van der Waals surface area contributed by atoms with E-state index in [-0.39, 0.29) is 11.7 Å². The first-order valence-electron chi connectivity index (χ1n) is 7.96. The van der Waals surface area contributed by atoms with Crippen molar-refractivity contribution in [3.05, 3.63) is 59.7 Å². The van der Waals surface area contributed by atoms with Crippen LogP contribution in [0.3, 0.4) is 0 Å². The second-order valence-electron chi connectivity index (χ2n) is 5.81. The summed E-state index contributed by atoms with van der Waals surface area (Å²) in [6.45, 7) is 2.01. The molecule has 0 unspecified atom stereocenters. The molecule has 0 fully saturated rings. The number of nitrogens with one attached hydrogen (secondary N) is 2. The van der Waals surface area contributed by atoms with Crippen molar-refractivity contribution in [2.24, 2.45) is 5.10 Å². The van der Waals surface area contributed by atoms with Crippen LogP contribution in [0.25, 0.3) is 0 Å². The molecule has 0 aliphatic carbocycles. The van der Waals surface area contributed by atoms with Crippen LogP contribution in [0.1, 0.15) is 35.2 Å². The summed E-state index contributed by atoms with van der Waals surface area (Å²) < 4.78 is 0. The van der Waals surface area contributed by atoms with Gasteiger partial charge in [-0.2, -0.15) is 5.10 Å². The monoisotopic (exact) mass is 321 g/mol. The Labute approximate surface area is 140 Å². The third-order valence-corrected chi connectivity index (χ3v) is 3.93. The largest absolute Gasteiger partial charge is 0.320 e. The molecule has 1 heterocycles. The first-order chi connectivity index (χ1) is 11.6. The van der Waals surface area contributed by atoms with Crippen LogP contribution in [0.2, 0.25) is 0 Å². The number of hydrogen-bond donors (Lipinski definition) is 2. The Balaban J connectivity index is 1.82. The number of carbonyl (C=O) groups is 2. The summed E-state index contributed by atoms with van der Waals surface area (Å²) in [5.74, 6) is -0.240. The Morgan fingerprint density at radius 2 is 1.75 bits per heavy atom. The Bertz CT molecular complexity index is 795. The standard InChI is InChI=1S/C19H19N3O2/c1-13-9-11-14(12-10-13)21-22-17-7-4-8-18(23)15-5-2-3-6-16(15)20-19(17)24/h2-3,5-6,9-12,21H,4,7-8H2,1H3,(H,20,24)/b22-17-. The smallest absolute Gasteiger partial charge is 0.271 e. The van der Waals surface area contributed by atoms with Gasteiger partial charge in [-0.05, 0) is 44.0 Å². The van der Waals surface area contributed by atoms with Gasteiger partial charge in [0.2, 0.25) is 0 Å². The van der Waals surface area contributed by atoms with Crippen molar-refractivity contribution in [3.8, 4) is 0 Å².